The van der Waals surface area contributed by atoms with Gasteiger partial charge in [-0.2, -0.15) is 0 Å². The number of hydrogen-bond acceptors (Lipinski definition) is 9. The van der Waals surface area contributed by atoms with Gasteiger partial charge in [0.15, 0.2) is 0 Å². The van der Waals surface area contributed by atoms with Gasteiger partial charge < -0.3 is 19.9 Å². The first kappa shape index (κ1) is 41.1. The van der Waals surface area contributed by atoms with Crippen molar-refractivity contribution in [3.8, 4) is 5.82 Å². The average molecular weight is 769 g/mol. The third kappa shape index (κ3) is 10.0. The minimum absolute atomic E-state index is 0.0216. The molecule has 54 heavy (non-hydrogen) atoms. The summed E-state index contributed by atoms with van der Waals surface area (Å²) >= 11 is 0. The molecule has 0 bridgehead atoms. The van der Waals surface area contributed by atoms with Crippen molar-refractivity contribution in [3.63, 3.8) is 0 Å². The van der Waals surface area contributed by atoms with Crippen molar-refractivity contribution < 1.29 is 36.3 Å². The highest BCUT2D eigenvalue weighted by Gasteiger charge is 2.27. The molecule has 2 amide bonds. The predicted octanol–water partition coefficient (Wildman–Crippen LogP) is 4.23. The van der Waals surface area contributed by atoms with Gasteiger partial charge in [-0.1, -0.05) is 40.7 Å². The van der Waals surface area contributed by atoms with Crippen molar-refractivity contribution in [1.29, 1.82) is 0 Å². The van der Waals surface area contributed by atoms with E-state index in [0.29, 0.717) is 28.9 Å². The van der Waals surface area contributed by atoms with Crippen LogP contribution in [0.3, 0.4) is 0 Å². The lowest BCUT2D eigenvalue weighted by atomic mass is 9.95. The number of sulfonamides is 1. The number of amides is 2. The van der Waals surface area contributed by atoms with Crippen molar-refractivity contribution >= 4 is 39.2 Å². The molecule has 2 heterocycles. The van der Waals surface area contributed by atoms with Gasteiger partial charge in [-0.3, -0.25) is 19.1 Å². The molecule has 14 nitrogen and oxygen atoms in total. The molecule has 0 unspecified atom stereocenters. The van der Waals surface area contributed by atoms with Crippen LogP contribution >= 0.6 is 0 Å². The minimum Gasteiger partial charge on any atom is -0.464 e. The summed E-state index contributed by atoms with van der Waals surface area (Å²) in [5.74, 6) is -4.81. The Labute approximate surface area is 310 Å². The van der Waals surface area contributed by atoms with Crippen LogP contribution in [0.2, 0.25) is 0 Å². The molecule has 4 aromatic rings. The van der Waals surface area contributed by atoms with Crippen molar-refractivity contribution in [2.45, 2.75) is 65.3 Å². The SMILES string of the molecule is Cc1cn(C)c(=O)n(-c2ccc(CC[C@H](NC(=O)c3cc(F)c(NS(=O)(=O)c4ccc(NC(=O)C(C)(C)C)cc4)cc3F)C(=O)OCC(C)C)cn2)c1=O. The highest BCUT2D eigenvalue weighted by Crippen LogP contribution is 2.25. The molecule has 2 aromatic heterocycles. The zero-order valence-electron chi connectivity index (χ0n) is 30.8. The number of hydrogen-bond donors (Lipinski definition) is 3. The lowest BCUT2D eigenvalue weighted by Crippen LogP contribution is -2.43. The number of rotatable bonds is 13. The van der Waals surface area contributed by atoms with Gasteiger partial charge in [-0.25, -0.2) is 36.3 Å². The van der Waals surface area contributed by atoms with Crippen molar-refractivity contribution in [3.05, 3.63) is 110 Å². The lowest BCUT2D eigenvalue weighted by molar-refractivity contribution is -0.147. The second-order valence-corrected chi connectivity index (χ2v) is 15.8. The van der Waals surface area contributed by atoms with Crippen LogP contribution in [0, 0.1) is 29.9 Å². The van der Waals surface area contributed by atoms with Crippen molar-refractivity contribution in [2.75, 3.05) is 16.6 Å². The third-order valence-corrected chi connectivity index (χ3v) is 9.36. The fraction of sp³-hybridized carbons (Fsp3) is 0.351. The number of ether oxygens (including phenoxy) is 1. The predicted molar refractivity (Wildman–Crippen MR) is 197 cm³/mol. The van der Waals surface area contributed by atoms with Crippen LogP contribution in [-0.4, -0.2) is 53.0 Å². The number of carbonyl (C=O) groups excluding carboxylic acids is 3. The Bertz CT molecular complexity index is 2250. The highest BCUT2D eigenvalue weighted by molar-refractivity contribution is 7.92. The summed E-state index contributed by atoms with van der Waals surface area (Å²) in [7, 11) is -2.93. The summed E-state index contributed by atoms with van der Waals surface area (Å²) in [6.07, 6.45) is 2.89. The Morgan fingerprint density at radius 2 is 1.65 bits per heavy atom. The van der Waals surface area contributed by atoms with Gasteiger partial charge in [0.05, 0.1) is 22.8 Å². The number of carbonyl (C=O) groups is 3. The number of aryl methyl sites for hydroxylation is 3. The standard InChI is InChI=1S/C37H42F2N6O8S/c1-21(2)20-53-34(48)29(14-8-23-9-15-31(40-18-23)45-33(47)22(3)19-44(7)36(45)50)42-32(46)26-16-28(39)30(17-27(26)38)43-54(51,52)25-12-10-24(11-13-25)41-35(49)37(4,5)6/h9-13,15-19,21,29,43H,8,14,20H2,1-7H3,(H,41,49)(H,42,46)/t29-/m0/s1. The molecule has 17 heteroatoms. The molecule has 2 aromatic carbocycles. The Morgan fingerprint density at radius 1 is 0.981 bits per heavy atom. The molecule has 0 saturated heterocycles. The van der Waals surface area contributed by atoms with Gasteiger partial charge in [-0.15, -0.1) is 0 Å². The van der Waals surface area contributed by atoms with Crippen molar-refractivity contribution in [2.24, 2.45) is 18.4 Å². The number of benzene rings is 2. The summed E-state index contributed by atoms with van der Waals surface area (Å²) in [6, 6.07) is 7.76. The molecule has 0 radical (unpaired) electrons. The third-order valence-electron chi connectivity index (χ3n) is 7.98. The van der Waals surface area contributed by atoms with E-state index < -0.39 is 67.5 Å². The van der Waals surface area contributed by atoms with E-state index in [-0.39, 0.29) is 42.0 Å². The monoisotopic (exact) mass is 768 g/mol. The van der Waals surface area contributed by atoms with Crippen LogP contribution < -0.4 is 26.6 Å². The quantitative estimate of drug-likeness (QED) is 0.167. The Balaban J connectivity index is 1.50. The zero-order chi connectivity index (χ0) is 40.1. The first-order valence-electron chi connectivity index (χ1n) is 16.8. The number of nitrogens with one attached hydrogen (secondary N) is 3. The summed E-state index contributed by atoms with van der Waals surface area (Å²) in [5.41, 5.74) is -2.17. The number of halogens is 2. The fourth-order valence-corrected chi connectivity index (χ4v) is 5.96. The Hall–Kier alpha value is -5.71. The van der Waals surface area contributed by atoms with Gasteiger partial charge in [0, 0.05) is 42.2 Å². The number of aromatic nitrogens is 3. The van der Waals surface area contributed by atoms with Crippen LogP contribution in [0.1, 0.15) is 62.5 Å². The zero-order valence-corrected chi connectivity index (χ0v) is 31.6. The van der Waals surface area contributed by atoms with Gasteiger partial charge in [0.25, 0.3) is 21.5 Å². The molecule has 0 aliphatic heterocycles. The molecule has 4 rings (SSSR count). The summed E-state index contributed by atoms with van der Waals surface area (Å²) in [6.45, 7) is 10.3. The molecular formula is C37H42F2N6O8S. The fourth-order valence-electron chi connectivity index (χ4n) is 4.90. The van der Waals surface area contributed by atoms with Crippen LogP contribution in [-0.2, 0) is 37.8 Å². The molecule has 1 atom stereocenters. The number of anilines is 2. The second-order valence-electron chi connectivity index (χ2n) is 14.1. The van der Waals surface area contributed by atoms with E-state index in [0.717, 1.165) is 4.57 Å². The van der Waals surface area contributed by atoms with Gasteiger partial charge in [-0.05, 0) is 67.6 Å². The Morgan fingerprint density at radius 3 is 2.24 bits per heavy atom. The maximum atomic E-state index is 15.3. The lowest BCUT2D eigenvalue weighted by Gasteiger charge is -2.19. The van der Waals surface area contributed by atoms with E-state index in [1.807, 2.05) is 4.72 Å². The van der Waals surface area contributed by atoms with E-state index in [1.165, 1.54) is 54.3 Å². The molecule has 3 N–H and O–H groups in total. The maximum absolute atomic E-state index is 15.3. The van der Waals surface area contributed by atoms with E-state index in [9.17, 15) is 32.4 Å². The molecular weight excluding hydrogens is 727 g/mol. The molecule has 0 fully saturated rings. The average Bonchev–Trinajstić information content (AvgIpc) is 3.09. The van der Waals surface area contributed by atoms with Crippen LogP contribution in [0.4, 0.5) is 20.2 Å². The smallest absolute Gasteiger partial charge is 0.336 e. The molecule has 0 saturated carbocycles. The number of nitrogens with zero attached hydrogens (tertiary/aromatic N) is 3. The topological polar surface area (TPSA) is 188 Å². The van der Waals surface area contributed by atoms with E-state index in [1.54, 1.807) is 47.6 Å². The largest absolute Gasteiger partial charge is 0.464 e. The molecule has 0 spiro atoms. The van der Waals surface area contributed by atoms with Gasteiger partial charge in [0.1, 0.15) is 23.5 Å². The summed E-state index contributed by atoms with van der Waals surface area (Å²) < 4.78 is 65.9. The molecule has 0 aliphatic carbocycles. The van der Waals surface area contributed by atoms with Crippen LogP contribution in [0.25, 0.3) is 5.82 Å². The van der Waals surface area contributed by atoms with E-state index in [2.05, 4.69) is 15.6 Å². The van der Waals surface area contributed by atoms with Crippen molar-refractivity contribution in [1.82, 2.24) is 19.4 Å². The highest BCUT2D eigenvalue weighted by atomic mass is 32.2. The molecule has 288 valence electrons. The van der Waals surface area contributed by atoms with E-state index >= 15 is 8.78 Å². The molecule has 0 aliphatic rings. The second kappa shape index (κ2) is 16.5. The van der Waals surface area contributed by atoms with Crippen LogP contribution in [0.5, 0.6) is 0 Å². The van der Waals surface area contributed by atoms with Gasteiger partial charge >= 0.3 is 11.7 Å². The summed E-state index contributed by atoms with van der Waals surface area (Å²) in [4.78, 5) is 67.6. The maximum Gasteiger partial charge on any atom is 0.336 e. The minimum atomic E-state index is -4.43. The first-order valence-corrected chi connectivity index (χ1v) is 18.3. The van der Waals surface area contributed by atoms with Crippen LogP contribution in [0.15, 0.2) is 75.4 Å². The normalized spacial score (nSPS) is 12.3. The Kier molecular flexibility index (Phi) is 12.6. The van der Waals surface area contributed by atoms with Gasteiger partial charge in [0.2, 0.25) is 5.91 Å². The summed E-state index contributed by atoms with van der Waals surface area (Å²) in [5, 5.41) is 5.03. The van der Waals surface area contributed by atoms with E-state index in [4.69, 9.17) is 4.74 Å². The number of pyridine rings is 1. The number of esters is 1. The first-order chi connectivity index (χ1) is 25.2.